The van der Waals surface area contributed by atoms with E-state index in [0.29, 0.717) is 0 Å². The second-order valence-electron chi connectivity index (χ2n) is 2.03. The number of carbonyl (C=O) groups is 1. The topological polar surface area (TPSA) is 105 Å². The molecule has 10 heavy (non-hydrogen) atoms. The number of hydrogen-bond acceptors (Lipinski definition) is 3. The molecule has 0 aromatic heterocycles. The van der Waals surface area contributed by atoms with Gasteiger partial charge in [0.1, 0.15) is 5.84 Å². The Morgan fingerprint density at radius 3 is 2.60 bits per heavy atom. The third kappa shape index (κ3) is 3.85. The van der Waals surface area contributed by atoms with Crippen LogP contribution in [-0.4, -0.2) is 24.3 Å². The summed E-state index contributed by atoms with van der Waals surface area (Å²) in [6.45, 7) is 1.63. The summed E-state index contributed by atoms with van der Waals surface area (Å²) >= 11 is 0. The van der Waals surface area contributed by atoms with E-state index in [4.69, 9.17) is 16.9 Å². The Labute approximate surface area is 59.3 Å². The maximum Gasteiger partial charge on any atom is 0.237 e. The molecule has 0 aliphatic heterocycles. The summed E-state index contributed by atoms with van der Waals surface area (Å²) in [5.41, 5.74) is 10.2. The van der Waals surface area contributed by atoms with E-state index in [1.54, 1.807) is 6.92 Å². The van der Waals surface area contributed by atoms with Gasteiger partial charge in [0.2, 0.25) is 5.91 Å². The molecule has 0 aliphatic rings. The predicted octanol–water partition coefficient (Wildman–Crippen LogP) is -1.61. The van der Waals surface area contributed by atoms with Crippen LogP contribution in [0, 0.1) is 5.41 Å². The van der Waals surface area contributed by atoms with E-state index in [2.05, 4.69) is 5.32 Å². The molecule has 0 bridgehead atoms. The van der Waals surface area contributed by atoms with Gasteiger partial charge in [0.05, 0.1) is 12.6 Å². The standard InChI is InChI=1S/C5H12N4O/c1-3(6)5(10)9-2-4(7)8/h3H,2,6H2,1H3,(H3,7,8)(H,9,10)/t3-/m0/s1. The van der Waals surface area contributed by atoms with Crippen LogP contribution in [0.2, 0.25) is 0 Å². The van der Waals surface area contributed by atoms with Crippen molar-refractivity contribution in [3.05, 3.63) is 0 Å². The molecule has 1 amide bonds. The number of hydrogen-bond donors (Lipinski definition) is 4. The molecule has 58 valence electrons. The van der Waals surface area contributed by atoms with E-state index < -0.39 is 6.04 Å². The third-order valence-electron chi connectivity index (χ3n) is 0.867. The van der Waals surface area contributed by atoms with Gasteiger partial charge in [-0.1, -0.05) is 0 Å². The molecule has 0 radical (unpaired) electrons. The first-order chi connectivity index (χ1) is 4.54. The van der Waals surface area contributed by atoms with Gasteiger partial charge >= 0.3 is 0 Å². The smallest absolute Gasteiger partial charge is 0.237 e. The second-order valence-corrected chi connectivity index (χ2v) is 2.03. The lowest BCUT2D eigenvalue weighted by atomic mass is 10.3. The van der Waals surface area contributed by atoms with Crippen molar-refractivity contribution in [2.24, 2.45) is 11.5 Å². The van der Waals surface area contributed by atoms with Gasteiger partial charge in [0, 0.05) is 0 Å². The van der Waals surface area contributed by atoms with Gasteiger partial charge in [-0.25, -0.2) is 0 Å². The summed E-state index contributed by atoms with van der Waals surface area (Å²) in [7, 11) is 0. The molecule has 0 aromatic carbocycles. The van der Waals surface area contributed by atoms with Crippen molar-refractivity contribution in [2.75, 3.05) is 6.54 Å². The predicted molar refractivity (Wildman–Crippen MR) is 38.6 cm³/mol. The number of rotatable bonds is 3. The number of carbonyl (C=O) groups excluding carboxylic acids is 1. The monoisotopic (exact) mass is 144 g/mol. The van der Waals surface area contributed by atoms with E-state index in [1.165, 1.54) is 0 Å². The quantitative estimate of drug-likeness (QED) is 0.283. The van der Waals surface area contributed by atoms with Crippen LogP contribution in [0.1, 0.15) is 6.92 Å². The van der Waals surface area contributed by atoms with Crippen molar-refractivity contribution in [1.29, 1.82) is 5.41 Å². The highest BCUT2D eigenvalue weighted by molar-refractivity contribution is 5.87. The highest BCUT2D eigenvalue weighted by Crippen LogP contribution is 1.72. The highest BCUT2D eigenvalue weighted by Gasteiger charge is 2.05. The van der Waals surface area contributed by atoms with Crippen molar-refractivity contribution >= 4 is 11.7 Å². The average Bonchev–Trinajstić information content (AvgIpc) is 1.82. The zero-order valence-corrected chi connectivity index (χ0v) is 5.85. The summed E-state index contributed by atoms with van der Waals surface area (Å²) in [6.07, 6.45) is 0. The Bertz CT molecular complexity index is 143. The van der Waals surface area contributed by atoms with Crippen molar-refractivity contribution in [2.45, 2.75) is 13.0 Å². The average molecular weight is 144 g/mol. The maximum absolute atomic E-state index is 10.7. The molecule has 6 N–H and O–H groups in total. The molecular formula is C5H12N4O. The summed E-state index contributed by atoms with van der Waals surface area (Å²) < 4.78 is 0. The summed E-state index contributed by atoms with van der Waals surface area (Å²) in [6, 6.07) is -0.542. The lowest BCUT2D eigenvalue weighted by molar-refractivity contribution is -0.121. The first-order valence-electron chi connectivity index (χ1n) is 2.90. The summed E-state index contributed by atoms with van der Waals surface area (Å²) in [5, 5.41) is 9.12. The van der Waals surface area contributed by atoms with Gasteiger partial charge in [0.25, 0.3) is 0 Å². The lowest BCUT2D eigenvalue weighted by Crippen LogP contribution is -2.41. The molecule has 5 nitrogen and oxygen atoms in total. The van der Waals surface area contributed by atoms with Gasteiger partial charge in [-0.3, -0.25) is 10.2 Å². The molecule has 0 aromatic rings. The molecule has 0 heterocycles. The fraction of sp³-hybridized carbons (Fsp3) is 0.600. The van der Waals surface area contributed by atoms with Crippen molar-refractivity contribution < 1.29 is 4.79 Å². The van der Waals surface area contributed by atoms with Crippen LogP contribution in [-0.2, 0) is 4.79 Å². The number of nitrogens with one attached hydrogen (secondary N) is 2. The zero-order chi connectivity index (χ0) is 8.15. The fourth-order valence-corrected chi connectivity index (χ4v) is 0.343. The van der Waals surface area contributed by atoms with Crippen LogP contribution in [0.4, 0.5) is 0 Å². The lowest BCUT2D eigenvalue weighted by Gasteiger charge is -2.05. The van der Waals surface area contributed by atoms with Crippen LogP contribution in [0.15, 0.2) is 0 Å². The SMILES string of the molecule is C[C@H](N)C(=O)NCC(=N)N. The van der Waals surface area contributed by atoms with Gasteiger partial charge in [-0.05, 0) is 6.92 Å². The Morgan fingerprint density at radius 2 is 2.30 bits per heavy atom. The Hall–Kier alpha value is -1.10. The van der Waals surface area contributed by atoms with Gasteiger partial charge in [0.15, 0.2) is 0 Å². The van der Waals surface area contributed by atoms with Crippen LogP contribution in [0.5, 0.6) is 0 Å². The fourth-order valence-electron chi connectivity index (χ4n) is 0.343. The number of amides is 1. The minimum absolute atomic E-state index is 0.0698. The van der Waals surface area contributed by atoms with Crippen molar-refractivity contribution in [3.63, 3.8) is 0 Å². The minimum atomic E-state index is -0.542. The van der Waals surface area contributed by atoms with Gasteiger partial charge in [-0.15, -0.1) is 0 Å². The van der Waals surface area contributed by atoms with E-state index in [-0.39, 0.29) is 18.3 Å². The molecule has 0 spiro atoms. The molecular weight excluding hydrogens is 132 g/mol. The summed E-state index contributed by atoms with van der Waals surface area (Å²) in [5.74, 6) is -0.371. The molecule has 0 saturated carbocycles. The molecule has 0 fully saturated rings. The second kappa shape index (κ2) is 3.84. The molecule has 0 unspecified atom stereocenters. The molecule has 1 atom stereocenters. The van der Waals surface area contributed by atoms with E-state index in [0.717, 1.165) is 0 Å². The highest BCUT2D eigenvalue weighted by atomic mass is 16.2. The van der Waals surface area contributed by atoms with E-state index in [9.17, 15) is 4.79 Å². The van der Waals surface area contributed by atoms with E-state index >= 15 is 0 Å². The molecule has 0 rings (SSSR count). The molecule has 0 aliphatic carbocycles. The van der Waals surface area contributed by atoms with Crippen LogP contribution >= 0.6 is 0 Å². The Balaban J connectivity index is 3.50. The molecule has 0 saturated heterocycles. The van der Waals surface area contributed by atoms with Crippen LogP contribution in [0.3, 0.4) is 0 Å². The van der Waals surface area contributed by atoms with Gasteiger partial charge in [-0.2, -0.15) is 0 Å². The largest absolute Gasteiger partial charge is 0.386 e. The zero-order valence-electron chi connectivity index (χ0n) is 5.85. The molecule has 5 heteroatoms. The van der Waals surface area contributed by atoms with Crippen LogP contribution in [0.25, 0.3) is 0 Å². The van der Waals surface area contributed by atoms with Gasteiger partial charge < -0.3 is 16.8 Å². The minimum Gasteiger partial charge on any atom is -0.386 e. The number of nitrogens with two attached hydrogens (primary N) is 2. The normalized spacial score (nSPS) is 12.2. The number of amidine groups is 1. The Kier molecular flexibility index (Phi) is 3.42. The van der Waals surface area contributed by atoms with Crippen LogP contribution < -0.4 is 16.8 Å². The van der Waals surface area contributed by atoms with Crippen molar-refractivity contribution in [3.8, 4) is 0 Å². The first-order valence-corrected chi connectivity index (χ1v) is 2.90. The third-order valence-corrected chi connectivity index (χ3v) is 0.867. The van der Waals surface area contributed by atoms with Crippen molar-refractivity contribution in [1.82, 2.24) is 5.32 Å². The summed E-state index contributed by atoms with van der Waals surface area (Å²) in [4.78, 5) is 10.7. The van der Waals surface area contributed by atoms with E-state index in [1.807, 2.05) is 0 Å². The Morgan fingerprint density at radius 1 is 1.80 bits per heavy atom. The first kappa shape index (κ1) is 8.90. The maximum atomic E-state index is 10.7.